The van der Waals surface area contributed by atoms with E-state index in [1.807, 2.05) is 0 Å². The number of hydrogen-bond donors (Lipinski definition) is 4. The molecule has 4 unspecified atom stereocenters. The first kappa shape index (κ1) is 9.40. The van der Waals surface area contributed by atoms with Gasteiger partial charge in [0.2, 0.25) is 0 Å². The minimum Gasteiger partial charge on any atom is -0.479 e. The number of aliphatic hydroxyl groups excluding tert-OH is 3. The zero-order chi connectivity index (χ0) is 9.30. The Hall–Kier alpha value is -0.690. The molecule has 4 N–H and O–H groups in total. The standard InChI is InChI=1S/C6H9O6/c7-2-1-12-5(6(10)11)4(9)3(2)8/h1-5,7-9H,(H,10,11). The Kier molecular flexibility index (Phi) is 2.63. The van der Waals surface area contributed by atoms with Gasteiger partial charge >= 0.3 is 5.97 Å². The quantitative estimate of drug-likeness (QED) is 0.359. The highest BCUT2D eigenvalue weighted by atomic mass is 16.5. The molecule has 1 saturated heterocycles. The van der Waals surface area contributed by atoms with Crippen LogP contribution in [0.25, 0.3) is 0 Å². The first-order chi connectivity index (χ1) is 5.54. The Morgan fingerprint density at radius 1 is 1.25 bits per heavy atom. The molecule has 6 heteroatoms. The molecule has 12 heavy (non-hydrogen) atoms. The summed E-state index contributed by atoms with van der Waals surface area (Å²) in [5, 5.41) is 35.3. The van der Waals surface area contributed by atoms with Gasteiger partial charge in [0.25, 0.3) is 0 Å². The van der Waals surface area contributed by atoms with Crippen LogP contribution in [0.2, 0.25) is 0 Å². The lowest BCUT2D eigenvalue weighted by Crippen LogP contribution is -2.53. The maximum atomic E-state index is 10.3. The number of ether oxygens (including phenoxy) is 1. The van der Waals surface area contributed by atoms with Gasteiger partial charge in [0.15, 0.2) is 6.10 Å². The predicted molar refractivity (Wildman–Crippen MR) is 34.8 cm³/mol. The Labute approximate surface area is 68.0 Å². The Bertz CT molecular complexity index is 181. The van der Waals surface area contributed by atoms with Gasteiger partial charge in [-0.3, -0.25) is 0 Å². The van der Waals surface area contributed by atoms with E-state index in [4.69, 9.17) is 20.4 Å². The van der Waals surface area contributed by atoms with Crippen molar-refractivity contribution in [1.29, 1.82) is 0 Å². The van der Waals surface area contributed by atoms with Gasteiger partial charge in [-0.1, -0.05) is 0 Å². The topological polar surface area (TPSA) is 107 Å². The molecule has 1 rings (SSSR count). The van der Waals surface area contributed by atoms with Crippen molar-refractivity contribution in [1.82, 2.24) is 0 Å². The number of carbonyl (C=O) groups is 1. The number of aliphatic hydroxyl groups is 3. The molecule has 1 fully saturated rings. The normalized spacial score (nSPS) is 42.6. The fourth-order valence-corrected chi connectivity index (χ4v) is 0.912. The van der Waals surface area contributed by atoms with E-state index in [1.54, 1.807) is 0 Å². The van der Waals surface area contributed by atoms with Gasteiger partial charge in [-0.15, -0.1) is 0 Å². The summed E-state index contributed by atoms with van der Waals surface area (Å²) in [6.07, 6.45) is -5.98. The molecule has 0 amide bonds. The molecule has 1 aliphatic rings. The molecule has 0 aromatic rings. The van der Waals surface area contributed by atoms with Gasteiger partial charge in [0.05, 0.1) is 0 Å². The maximum absolute atomic E-state index is 10.3. The molecule has 69 valence electrons. The molecule has 1 heterocycles. The van der Waals surface area contributed by atoms with E-state index >= 15 is 0 Å². The lowest BCUT2D eigenvalue weighted by Gasteiger charge is -2.32. The van der Waals surface area contributed by atoms with Crippen molar-refractivity contribution < 1.29 is 30.0 Å². The molecular formula is C6H9O6. The summed E-state index contributed by atoms with van der Waals surface area (Å²) in [6.45, 7) is 0.788. The van der Waals surface area contributed by atoms with Crippen LogP contribution in [0.5, 0.6) is 0 Å². The molecule has 4 atom stereocenters. The van der Waals surface area contributed by atoms with E-state index in [1.165, 1.54) is 0 Å². The average molecular weight is 177 g/mol. The maximum Gasteiger partial charge on any atom is 0.335 e. The van der Waals surface area contributed by atoms with Gasteiger partial charge in [0.1, 0.15) is 24.9 Å². The number of aliphatic carboxylic acids is 1. The summed E-state index contributed by atoms with van der Waals surface area (Å²) < 4.78 is 4.45. The minimum atomic E-state index is -1.61. The molecule has 0 aliphatic carbocycles. The molecule has 0 aromatic carbocycles. The molecule has 0 bridgehead atoms. The zero-order valence-electron chi connectivity index (χ0n) is 5.99. The lowest BCUT2D eigenvalue weighted by molar-refractivity contribution is -0.185. The molecule has 6 nitrogen and oxygen atoms in total. The summed E-state index contributed by atoms with van der Waals surface area (Å²) in [5.41, 5.74) is 0. The Balaban J connectivity index is 2.65. The number of rotatable bonds is 1. The van der Waals surface area contributed by atoms with Crippen LogP contribution in [-0.4, -0.2) is 50.8 Å². The second kappa shape index (κ2) is 3.36. The lowest BCUT2D eigenvalue weighted by atomic mass is 10.0. The van der Waals surface area contributed by atoms with Crippen LogP contribution in [0.15, 0.2) is 0 Å². The van der Waals surface area contributed by atoms with Crippen LogP contribution in [-0.2, 0) is 9.53 Å². The monoisotopic (exact) mass is 177 g/mol. The minimum absolute atomic E-state index is 0.788. The van der Waals surface area contributed by atoms with E-state index < -0.39 is 30.4 Å². The van der Waals surface area contributed by atoms with Crippen molar-refractivity contribution in [2.24, 2.45) is 0 Å². The average Bonchev–Trinajstić information content (AvgIpc) is 2.00. The summed E-state index contributed by atoms with van der Waals surface area (Å²) >= 11 is 0. The SMILES string of the molecule is O=C(O)C1O[CH]C(O)C(O)C1O. The third-order valence-corrected chi connectivity index (χ3v) is 1.62. The van der Waals surface area contributed by atoms with Gasteiger partial charge < -0.3 is 25.2 Å². The molecular weight excluding hydrogens is 168 g/mol. The first-order valence-corrected chi connectivity index (χ1v) is 3.30. The van der Waals surface area contributed by atoms with Crippen LogP contribution in [0.1, 0.15) is 0 Å². The molecule has 0 saturated carbocycles. The molecule has 0 spiro atoms. The Morgan fingerprint density at radius 2 is 1.83 bits per heavy atom. The Morgan fingerprint density at radius 3 is 2.33 bits per heavy atom. The highest BCUT2D eigenvalue weighted by molar-refractivity contribution is 5.73. The van der Waals surface area contributed by atoms with Crippen LogP contribution in [0, 0.1) is 6.61 Å². The number of carboxylic acid groups (broad SMARTS) is 1. The van der Waals surface area contributed by atoms with Gasteiger partial charge in [-0.05, 0) is 0 Å². The summed E-state index contributed by atoms with van der Waals surface area (Å²) in [5.74, 6) is -1.38. The van der Waals surface area contributed by atoms with Gasteiger partial charge in [-0.2, -0.15) is 0 Å². The van der Waals surface area contributed by atoms with Crippen LogP contribution >= 0.6 is 0 Å². The highest BCUT2D eigenvalue weighted by Crippen LogP contribution is 2.18. The van der Waals surface area contributed by atoms with Crippen molar-refractivity contribution in [3.63, 3.8) is 0 Å². The summed E-state index contributed by atoms with van der Waals surface area (Å²) in [6, 6.07) is 0. The van der Waals surface area contributed by atoms with Crippen molar-refractivity contribution in [3.05, 3.63) is 6.61 Å². The fraction of sp³-hybridized carbons (Fsp3) is 0.667. The van der Waals surface area contributed by atoms with Crippen molar-refractivity contribution in [2.75, 3.05) is 0 Å². The van der Waals surface area contributed by atoms with Crippen molar-refractivity contribution in [3.8, 4) is 0 Å². The van der Waals surface area contributed by atoms with E-state index in [2.05, 4.69) is 4.74 Å². The summed E-state index contributed by atoms with van der Waals surface area (Å²) in [4.78, 5) is 10.3. The van der Waals surface area contributed by atoms with E-state index in [9.17, 15) is 4.79 Å². The van der Waals surface area contributed by atoms with E-state index in [-0.39, 0.29) is 0 Å². The number of carboxylic acids is 1. The second-order valence-corrected chi connectivity index (χ2v) is 2.50. The summed E-state index contributed by atoms with van der Waals surface area (Å²) in [7, 11) is 0. The largest absolute Gasteiger partial charge is 0.479 e. The van der Waals surface area contributed by atoms with Crippen LogP contribution in [0.3, 0.4) is 0 Å². The number of hydrogen-bond acceptors (Lipinski definition) is 5. The zero-order valence-corrected chi connectivity index (χ0v) is 5.99. The van der Waals surface area contributed by atoms with Gasteiger partial charge in [0, 0.05) is 0 Å². The first-order valence-electron chi connectivity index (χ1n) is 3.30. The highest BCUT2D eigenvalue weighted by Gasteiger charge is 2.41. The van der Waals surface area contributed by atoms with Crippen molar-refractivity contribution in [2.45, 2.75) is 24.4 Å². The molecule has 0 aromatic heterocycles. The third-order valence-electron chi connectivity index (χ3n) is 1.62. The second-order valence-electron chi connectivity index (χ2n) is 2.50. The predicted octanol–water partition coefficient (Wildman–Crippen LogP) is -2.29. The third kappa shape index (κ3) is 1.56. The molecule has 1 aliphatic heterocycles. The van der Waals surface area contributed by atoms with Crippen molar-refractivity contribution >= 4 is 5.97 Å². The van der Waals surface area contributed by atoms with Crippen LogP contribution in [0.4, 0.5) is 0 Å². The van der Waals surface area contributed by atoms with E-state index in [0.717, 1.165) is 6.61 Å². The van der Waals surface area contributed by atoms with Crippen LogP contribution < -0.4 is 0 Å². The van der Waals surface area contributed by atoms with E-state index in [0.29, 0.717) is 0 Å². The van der Waals surface area contributed by atoms with Gasteiger partial charge in [-0.25, -0.2) is 4.79 Å². The smallest absolute Gasteiger partial charge is 0.335 e. The molecule has 1 radical (unpaired) electrons. The fourth-order valence-electron chi connectivity index (χ4n) is 0.912.